The minimum absolute atomic E-state index is 0.0915. The van der Waals surface area contributed by atoms with Crippen LogP contribution >= 0.6 is 15.9 Å². The van der Waals surface area contributed by atoms with Crippen molar-refractivity contribution >= 4 is 21.7 Å². The summed E-state index contributed by atoms with van der Waals surface area (Å²) >= 11 is 3.18. The van der Waals surface area contributed by atoms with Crippen LogP contribution in [-0.4, -0.2) is 15.3 Å². The molecule has 0 bridgehead atoms. The summed E-state index contributed by atoms with van der Waals surface area (Å²) in [4.78, 5) is 16.1. The average molecular weight is 297 g/mol. The van der Waals surface area contributed by atoms with E-state index in [0.29, 0.717) is 15.9 Å². The summed E-state index contributed by atoms with van der Waals surface area (Å²) in [6.45, 7) is 0. The van der Waals surface area contributed by atoms with Gasteiger partial charge in [0.05, 0.1) is 6.42 Å². The van der Waals surface area contributed by atoms with Gasteiger partial charge in [-0.2, -0.15) is 0 Å². The van der Waals surface area contributed by atoms with Gasteiger partial charge >= 0.3 is 0 Å². The number of ketones is 1. The summed E-state index contributed by atoms with van der Waals surface area (Å²) in [6.07, 6.45) is 3.62. The quantitative estimate of drug-likeness (QED) is 0.817. The minimum atomic E-state index is -0.370. The van der Waals surface area contributed by atoms with E-state index in [-0.39, 0.29) is 18.0 Å². The van der Waals surface area contributed by atoms with E-state index in [1.165, 1.54) is 18.2 Å². The number of carbonyl (C=O) groups excluding carboxylic acids is 1. The number of imidazole rings is 1. The third-order valence-electron chi connectivity index (χ3n) is 2.47. The van der Waals surface area contributed by atoms with Crippen molar-refractivity contribution in [3.05, 3.63) is 52.3 Å². The predicted molar refractivity (Wildman–Crippen MR) is 65.3 cm³/mol. The molecule has 17 heavy (non-hydrogen) atoms. The van der Waals surface area contributed by atoms with Crippen LogP contribution in [0.1, 0.15) is 16.2 Å². The molecule has 0 aliphatic carbocycles. The van der Waals surface area contributed by atoms with Crippen molar-refractivity contribution in [1.82, 2.24) is 9.55 Å². The topological polar surface area (TPSA) is 34.9 Å². The van der Waals surface area contributed by atoms with Gasteiger partial charge in [-0.25, -0.2) is 9.37 Å². The maximum Gasteiger partial charge on any atom is 0.171 e. The summed E-state index contributed by atoms with van der Waals surface area (Å²) < 4.78 is 15.2. The highest BCUT2D eigenvalue weighted by Gasteiger charge is 2.13. The number of hydrogen-bond acceptors (Lipinski definition) is 2. The van der Waals surface area contributed by atoms with Gasteiger partial charge < -0.3 is 4.57 Å². The van der Waals surface area contributed by atoms with Gasteiger partial charge in [0.1, 0.15) is 11.6 Å². The van der Waals surface area contributed by atoms with E-state index in [0.717, 1.165) is 0 Å². The lowest BCUT2D eigenvalue weighted by Gasteiger charge is -2.04. The standard InChI is InChI=1S/C12H10BrFN2O/c1-16-5-4-15-12(16)7-11(17)9-3-2-8(14)6-10(9)13/h2-6H,7H2,1H3. The first-order valence-corrected chi connectivity index (χ1v) is 5.81. The molecule has 2 rings (SSSR count). The van der Waals surface area contributed by atoms with E-state index in [1.54, 1.807) is 17.0 Å². The molecular weight excluding hydrogens is 287 g/mol. The highest BCUT2D eigenvalue weighted by atomic mass is 79.9. The zero-order valence-corrected chi connectivity index (χ0v) is 10.7. The van der Waals surface area contributed by atoms with Crippen LogP contribution in [-0.2, 0) is 13.5 Å². The highest BCUT2D eigenvalue weighted by molar-refractivity contribution is 9.10. The number of hydrogen-bond donors (Lipinski definition) is 0. The third kappa shape index (κ3) is 2.61. The number of aryl methyl sites for hydroxylation is 1. The molecule has 1 heterocycles. The Morgan fingerprint density at radius 1 is 1.53 bits per heavy atom. The molecule has 0 saturated carbocycles. The Labute approximate surface area is 106 Å². The number of halogens is 2. The molecule has 5 heteroatoms. The largest absolute Gasteiger partial charge is 0.338 e. The number of benzene rings is 1. The van der Waals surface area contributed by atoms with Gasteiger partial charge in [0.2, 0.25) is 0 Å². The molecule has 0 aliphatic rings. The predicted octanol–water partition coefficient (Wildman–Crippen LogP) is 2.75. The van der Waals surface area contributed by atoms with Gasteiger partial charge in [-0.05, 0) is 34.1 Å². The zero-order valence-electron chi connectivity index (χ0n) is 9.15. The van der Waals surface area contributed by atoms with Crippen LogP contribution in [0.2, 0.25) is 0 Å². The van der Waals surface area contributed by atoms with Crippen LogP contribution in [0.5, 0.6) is 0 Å². The zero-order chi connectivity index (χ0) is 12.4. The molecule has 1 aromatic heterocycles. The SMILES string of the molecule is Cn1ccnc1CC(=O)c1ccc(F)cc1Br. The molecule has 3 nitrogen and oxygen atoms in total. The number of aromatic nitrogens is 2. The second-order valence-electron chi connectivity index (χ2n) is 3.68. The molecule has 88 valence electrons. The molecule has 2 aromatic rings. The van der Waals surface area contributed by atoms with Crippen LogP contribution in [0.25, 0.3) is 0 Å². The van der Waals surface area contributed by atoms with Crippen molar-refractivity contribution in [2.45, 2.75) is 6.42 Å². The molecule has 0 fully saturated rings. The lowest BCUT2D eigenvalue weighted by molar-refractivity contribution is 0.0989. The summed E-state index contributed by atoms with van der Waals surface area (Å²) in [7, 11) is 1.83. The van der Waals surface area contributed by atoms with Gasteiger partial charge in [0, 0.05) is 29.5 Å². The molecule has 0 aliphatic heterocycles. The van der Waals surface area contributed by atoms with Gasteiger partial charge in [-0.3, -0.25) is 4.79 Å². The maximum atomic E-state index is 12.9. The fraction of sp³-hybridized carbons (Fsp3) is 0.167. The Balaban J connectivity index is 2.23. The number of nitrogens with zero attached hydrogens (tertiary/aromatic N) is 2. The van der Waals surface area contributed by atoms with Gasteiger partial charge in [0.15, 0.2) is 5.78 Å². The van der Waals surface area contributed by atoms with Crippen LogP contribution in [0, 0.1) is 5.82 Å². The lowest BCUT2D eigenvalue weighted by Crippen LogP contribution is -2.09. The van der Waals surface area contributed by atoms with Crippen LogP contribution in [0.15, 0.2) is 35.1 Å². The molecule has 0 amide bonds. The Morgan fingerprint density at radius 2 is 2.29 bits per heavy atom. The van der Waals surface area contributed by atoms with Crippen molar-refractivity contribution in [3.63, 3.8) is 0 Å². The van der Waals surface area contributed by atoms with Crippen LogP contribution in [0.4, 0.5) is 4.39 Å². The summed E-state index contributed by atoms with van der Waals surface area (Å²) in [5.41, 5.74) is 0.467. The molecule has 0 unspecified atom stereocenters. The van der Waals surface area contributed by atoms with E-state index < -0.39 is 0 Å². The number of rotatable bonds is 3. The molecular formula is C12H10BrFN2O. The second kappa shape index (κ2) is 4.79. The first-order chi connectivity index (χ1) is 8.08. The van der Waals surface area contributed by atoms with E-state index in [4.69, 9.17) is 0 Å². The van der Waals surface area contributed by atoms with Crippen molar-refractivity contribution in [3.8, 4) is 0 Å². The summed E-state index contributed by atoms with van der Waals surface area (Å²) in [5.74, 6) is 0.225. The minimum Gasteiger partial charge on any atom is -0.338 e. The molecule has 0 radical (unpaired) electrons. The number of carbonyl (C=O) groups is 1. The molecule has 0 saturated heterocycles. The molecule has 0 atom stereocenters. The number of Topliss-reactive ketones (excluding diaryl/α,β-unsaturated/α-hetero) is 1. The van der Waals surface area contributed by atoms with E-state index in [2.05, 4.69) is 20.9 Å². The smallest absolute Gasteiger partial charge is 0.171 e. The van der Waals surface area contributed by atoms with Crippen molar-refractivity contribution in [2.24, 2.45) is 7.05 Å². The van der Waals surface area contributed by atoms with E-state index in [9.17, 15) is 9.18 Å². The molecule has 0 spiro atoms. The second-order valence-corrected chi connectivity index (χ2v) is 4.53. The van der Waals surface area contributed by atoms with E-state index in [1.807, 2.05) is 7.05 Å². The van der Waals surface area contributed by atoms with Crippen LogP contribution in [0.3, 0.4) is 0 Å². The van der Waals surface area contributed by atoms with Gasteiger partial charge in [-0.15, -0.1) is 0 Å². The van der Waals surface area contributed by atoms with E-state index >= 15 is 0 Å². The lowest BCUT2D eigenvalue weighted by atomic mass is 10.1. The fourth-order valence-electron chi connectivity index (χ4n) is 1.52. The summed E-state index contributed by atoms with van der Waals surface area (Å²) in [6, 6.07) is 4.03. The Bertz CT molecular complexity index is 565. The summed E-state index contributed by atoms with van der Waals surface area (Å²) in [5, 5.41) is 0. The van der Waals surface area contributed by atoms with Crippen molar-refractivity contribution in [2.75, 3.05) is 0 Å². The van der Waals surface area contributed by atoms with Gasteiger partial charge in [0.25, 0.3) is 0 Å². The Hall–Kier alpha value is -1.49. The van der Waals surface area contributed by atoms with Crippen molar-refractivity contribution < 1.29 is 9.18 Å². The maximum absolute atomic E-state index is 12.9. The first kappa shape index (κ1) is 12.0. The average Bonchev–Trinajstić information content (AvgIpc) is 2.64. The van der Waals surface area contributed by atoms with Crippen molar-refractivity contribution in [1.29, 1.82) is 0 Å². The molecule has 1 aromatic carbocycles. The van der Waals surface area contributed by atoms with Crippen LogP contribution < -0.4 is 0 Å². The monoisotopic (exact) mass is 296 g/mol. The normalized spacial score (nSPS) is 10.5. The van der Waals surface area contributed by atoms with Gasteiger partial charge in [-0.1, -0.05) is 0 Å². The molecule has 0 N–H and O–H groups in total. The highest BCUT2D eigenvalue weighted by Crippen LogP contribution is 2.19. The Kier molecular flexibility index (Phi) is 3.38. The fourth-order valence-corrected chi connectivity index (χ4v) is 2.09. The third-order valence-corrected chi connectivity index (χ3v) is 3.13. The Morgan fingerprint density at radius 3 is 2.88 bits per heavy atom. The first-order valence-electron chi connectivity index (χ1n) is 5.02.